The lowest BCUT2D eigenvalue weighted by Crippen LogP contribution is -2.37. The van der Waals surface area contributed by atoms with Crippen LogP contribution < -0.4 is 10.6 Å². The lowest BCUT2D eigenvalue weighted by atomic mass is 10.2. The molecule has 3 rings (SSSR count). The van der Waals surface area contributed by atoms with E-state index >= 15 is 0 Å². The molecule has 0 aromatic carbocycles. The van der Waals surface area contributed by atoms with E-state index in [1.807, 2.05) is 35.0 Å². The molecule has 0 aliphatic rings. The van der Waals surface area contributed by atoms with Gasteiger partial charge < -0.3 is 15.7 Å². The predicted octanol–water partition coefficient (Wildman–Crippen LogP) is 4.07. The first-order valence-electron chi connectivity index (χ1n) is 7.07. The number of aliphatic hydroxyl groups is 1. The van der Waals surface area contributed by atoms with Gasteiger partial charge in [-0.05, 0) is 40.4 Å². The second kappa shape index (κ2) is 7.74. The summed E-state index contributed by atoms with van der Waals surface area (Å²) < 4.78 is 0. The molecule has 0 bridgehead atoms. The van der Waals surface area contributed by atoms with Crippen molar-refractivity contribution in [3.8, 4) is 10.4 Å². The summed E-state index contributed by atoms with van der Waals surface area (Å²) in [6, 6.07) is 9.62. The largest absolute Gasteiger partial charge is 0.386 e. The van der Waals surface area contributed by atoms with Crippen molar-refractivity contribution in [2.45, 2.75) is 12.6 Å². The van der Waals surface area contributed by atoms with Crippen LogP contribution in [0, 0.1) is 0 Å². The van der Waals surface area contributed by atoms with E-state index in [-0.39, 0.29) is 12.6 Å². The third-order valence-corrected chi connectivity index (χ3v) is 6.02. The van der Waals surface area contributed by atoms with Crippen LogP contribution in [-0.2, 0) is 6.54 Å². The first-order valence-corrected chi connectivity index (χ1v) is 9.71. The summed E-state index contributed by atoms with van der Waals surface area (Å²) in [5.41, 5.74) is 1.17. The minimum Gasteiger partial charge on any atom is -0.386 e. The van der Waals surface area contributed by atoms with E-state index in [1.165, 1.54) is 5.56 Å². The van der Waals surface area contributed by atoms with Gasteiger partial charge in [0.05, 0.1) is 13.1 Å². The fraction of sp³-hybridized carbons (Fsp3) is 0.188. The smallest absolute Gasteiger partial charge is 0.315 e. The highest BCUT2D eigenvalue weighted by molar-refractivity contribution is 7.16. The van der Waals surface area contributed by atoms with E-state index < -0.39 is 6.10 Å². The number of hydrogen-bond acceptors (Lipinski definition) is 5. The van der Waals surface area contributed by atoms with Crippen molar-refractivity contribution in [2.75, 3.05) is 6.54 Å². The number of carbonyl (C=O) groups excluding carboxylic acids is 1. The minimum absolute atomic E-state index is 0.194. The normalized spacial score (nSPS) is 12.0. The molecule has 3 aromatic heterocycles. The zero-order valence-corrected chi connectivity index (χ0v) is 14.6. The first-order chi connectivity index (χ1) is 11.2. The van der Waals surface area contributed by atoms with Crippen molar-refractivity contribution in [1.29, 1.82) is 0 Å². The summed E-state index contributed by atoms with van der Waals surface area (Å²) in [6.07, 6.45) is -0.695. The van der Waals surface area contributed by atoms with E-state index in [1.54, 1.807) is 34.0 Å². The van der Waals surface area contributed by atoms with Crippen LogP contribution in [0.1, 0.15) is 15.9 Å². The molecule has 3 aromatic rings. The molecular formula is C16H16N2O2S3. The van der Waals surface area contributed by atoms with Gasteiger partial charge in [-0.15, -0.1) is 22.7 Å². The predicted molar refractivity (Wildman–Crippen MR) is 97.1 cm³/mol. The van der Waals surface area contributed by atoms with Gasteiger partial charge in [0.2, 0.25) is 0 Å². The molecule has 0 radical (unpaired) electrons. The molecule has 0 fully saturated rings. The summed E-state index contributed by atoms with van der Waals surface area (Å²) in [4.78, 5) is 14.8. The molecule has 7 heteroatoms. The van der Waals surface area contributed by atoms with E-state index in [2.05, 4.69) is 22.1 Å². The van der Waals surface area contributed by atoms with Gasteiger partial charge >= 0.3 is 6.03 Å². The fourth-order valence-corrected chi connectivity index (χ4v) is 4.39. The Hall–Kier alpha value is -1.67. The van der Waals surface area contributed by atoms with E-state index in [0.29, 0.717) is 6.54 Å². The van der Waals surface area contributed by atoms with Gasteiger partial charge in [0, 0.05) is 20.2 Å². The maximum atomic E-state index is 11.7. The van der Waals surface area contributed by atoms with Gasteiger partial charge in [0.15, 0.2) is 0 Å². The number of aliphatic hydroxyl groups excluding tert-OH is 1. The Bertz CT molecular complexity index is 735. The molecule has 1 unspecified atom stereocenters. The second-order valence-corrected chi connectivity index (χ2v) is 7.80. The fourth-order valence-electron chi connectivity index (χ4n) is 2.02. The van der Waals surface area contributed by atoms with Gasteiger partial charge in [0.1, 0.15) is 6.10 Å². The Morgan fingerprint density at radius 3 is 2.83 bits per heavy atom. The summed E-state index contributed by atoms with van der Waals surface area (Å²) in [5.74, 6) is 0. The molecule has 23 heavy (non-hydrogen) atoms. The number of carbonyl (C=O) groups is 1. The summed E-state index contributed by atoms with van der Waals surface area (Å²) in [5, 5.41) is 21.8. The van der Waals surface area contributed by atoms with E-state index in [9.17, 15) is 9.90 Å². The molecule has 0 saturated heterocycles. The van der Waals surface area contributed by atoms with Crippen LogP contribution >= 0.6 is 34.0 Å². The molecular weight excluding hydrogens is 348 g/mol. The summed E-state index contributed by atoms with van der Waals surface area (Å²) in [6.45, 7) is 0.695. The van der Waals surface area contributed by atoms with Gasteiger partial charge in [0.25, 0.3) is 0 Å². The molecule has 3 heterocycles. The van der Waals surface area contributed by atoms with Crippen LogP contribution in [0.15, 0.2) is 46.5 Å². The van der Waals surface area contributed by atoms with Crippen molar-refractivity contribution in [3.05, 3.63) is 56.2 Å². The highest BCUT2D eigenvalue weighted by Crippen LogP contribution is 2.32. The molecule has 120 valence electrons. The van der Waals surface area contributed by atoms with Crippen LogP contribution in [0.4, 0.5) is 4.79 Å². The molecule has 3 N–H and O–H groups in total. The topological polar surface area (TPSA) is 61.4 Å². The zero-order valence-electron chi connectivity index (χ0n) is 12.2. The third-order valence-electron chi connectivity index (χ3n) is 3.22. The number of nitrogens with one attached hydrogen (secondary N) is 2. The highest BCUT2D eigenvalue weighted by atomic mass is 32.1. The number of urea groups is 1. The average Bonchev–Trinajstić information content (AvgIpc) is 3.31. The quantitative estimate of drug-likeness (QED) is 0.617. The van der Waals surface area contributed by atoms with Crippen LogP contribution in [-0.4, -0.2) is 17.7 Å². The number of hydrogen-bond donors (Lipinski definition) is 3. The zero-order chi connectivity index (χ0) is 16.1. The molecule has 0 saturated carbocycles. The van der Waals surface area contributed by atoms with Gasteiger partial charge in [-0.1, -0.05) is 6.07 Å². The lowest BCUT2D eigenvalue weighted by Gasteiger charge is -2.11. The Balaban J connectivity index is 1.47. The van der Waals surface area contributed by atoms with E-state index in [4.69, 9.17) is 0 Å². The highest BCUT2D eigenvalue weighted by Gasteiger charge is 2.13. The van der Waals surface area contributed by atoms with Crippen LogP contribution in [0.25, 0.3) is 10.4 Å². The van der Waals surface area contributed by atoms with Crippen LogP contribution in [0.5, 0.6) is 0 Å². The minimum atomic E-state index is -0.695. The van der Waals surface area contributed by atoms with Gasteiger partial charge in [-0.2, -0.15) is 11.3 Å². The molecule has 0 aliphatic carbocycles. The van der Waals surface area contributed by atoms with Gasteiger partial charge in [-0.25, -0.2) is 4.79 Å². The monoisotopic (exact) mass is 364 g/mol. The maximum Gasteiger partial charge on any atom is 0.315 e. The second-order valence-electron chi connectivity index (χ2n) is 4.87. The summed E-state index contributed by atoms with van der Waals surface area (Å²) >= 11 is 4.80. The Morgan fingerprint density at radius 1 is 1.17 bits per heavy atom. The SMILES string of the molecule is O=C(NCc1cccs1)NCC(O)c1ccc(-c2ccsc2)s1. The molecule has 4 nitrogen and oxygen atoms in total. The number of amides is 2. The van der Waals surface area contributed by atoms with Crippen molar-refractivity contribution in [1.82, 2.24) is 10.6 Å². The average molecular weight is 365 g/mol. The van der Waals surface area contributed by atoms with Gasteiger partial charge in [-0.3, -0.25) is 0 Å². The first kappa shape index (κ1) is 16.2. The lowest BCUT2D eigenvalue weighted by molar-refractivity contribution is 0.176. The number of rotatable bonds is 6. The molecule has 0 aliphatic heterocycles. The number of thiophene rings is 3. The molecule has 1 atom stereocenters. The Morgan fingerprint density at radius 2 is 2.09 bits per heavy atom. The Kier molecular flexibility index (Phi) is 5.45. The standard InChI is InChI=1S/C16H16N2O2S3/c19-13(9-18-16(20)17-8-12-2-1-6-22-12)15-4-3-14(23-15)11-5-7-21-10-11/h1-7,10,13,19H,8-9H2,(H2,17,18,20). The molecule has 0 spiro atoms. The van der Waals surface area contributed by atoms with Crippen LogP contribution in [0.2, 0.25) is 0 Å². The van der Waals surface area contributed by atoms with Crippen molar-refractivity contribution < 1.29 is 9.90 Å². The third kappa shape index (κ3) is 4.42. The van der Waals surface area contributed by atoms with Crippen molar-refractivity contribution in [2.24, 2.45) is 0 Å². The van der Waals surface area contributed by atoms with E-state index in [0.717, 1.165) is 14.6 Å². The van der Waals surface area contributed by atoms with Crippen molar-refractivity contribution >= 4 is 40.0 Å². The maximum absolute atomic E-state index is 11.7. The summed E-state index contributed by atoms with van der Waals surface area (Å²) in [7, 11) is 0. The van der Waals surface area contributed by atoms with Crippen LogP contribution in [0.3, 0.4) is 0 Å². The van der Waals surface area contributed by atoms with Crippen molar-refractivity contribution in [3.63, 3.8) is 0 Å². The Labute approximate surface area is 146 Å². The molecule has 2 amide bonds.